The molecule has 0 aliphatic carbocycles. The SMILES string of the molecule is CCCCc1nn(-c2cccc(CO)c2)c(=O)c2c(C=O)cccc12. The molecule has 0 radical (unpaired) electrons. The van der Waals surface area contributed by atoms with Crippen LogP contribution in [0, 0.1) is 0 Å². The van der Waals surface area contributed by atoms with E-state index in [9.17, 15) is 14.7 Å². The van der Waals surface area contributed by atoms with Crippen LogP contribution >= 0.6 is 0 Å². The van der Waals surface area contributed by atoms with Gasteiger partial charge in [0.25, 0.3) is 5.56 Å². The van der Waals surface area contributed by atoms with Crippen molar-refractivity contribution in [3.63, 3.8) is 0 Å². The fourth-order valence-electron chi connectivity index (χ4n) is 2.96. The largest absolute Gasteiger partial charge is 0.392 e. The highest BCUT2D eigenvalue weighted by Gasteiger charge is 2.14. The van der Waals surface area contributed by atoms with E-state index in [0.717, 1.165) is 30.3 Å². The van der Waals surface area contributed by atoms with Crippen LogP contribution in [0.1, 0.15) is 41.4 Å². The topological polar surface area (TPSA) is 72.2 Å². The molecule has 0 spiro atoms. The number of carbonyl (C=O) groups is 1. The Kier molecular flexibility index (Phi) is 5.05. The van der Waals surface area contributed by atoms with Gasteiger partial charge in [0.05, 0.1) is 23.4 Å². The van der Waals surface area contributed by atoms with Crippen molar-refractivity contribution in [2.45, 2.75) is 32.8 Å². The van der Waals surface area contributed by atoms with E-state index in [4.69, 9.17) is 0 Å². The molecule has 5 heteroatoms. The molecule has 1 aromatic heterocycles. The van der Waals surface area contributed by atoms with Crippen molar-refractivity contribution in [1.29, 1.82) is 0 Å². The second-order valence-electron chi connectivity index (χ2n) is 5.98. The van der Waals surface area contributed by atoms with Gasteiger partial charge in [0.1, 0.15) is 0 Å². The third-order valence-corrected chi connectivity index (χ3v) is 4.27. The van der Waals surface area contributed by atoms with E-state index in [1.807, 2.05) is 6.07 Å². The Bertz CT molecular complexity index is 976. The summed E-state index contributed by atoms with van der Waals surface area (Å²) in [6, 6.07) is 12.3. The first-order chi connectivity index (χ1) is 12.2. The highest BCUT2D eigenvalue weighted by atomic mass is 16.3. The van der Waals surface area contributed by atoms with Gasteiger partial charge in [0, 0.05) is 10.9 Å². The number of rotatable bonds is 6. The van der Waals surface area contributed by atoms with Gasteiger partial charge in [-0.2, -0.15) is 9.78 Å². The molecule has 25 heavy (non-hydrogen) atoms. The predicted octanol–water partition coefficient (Wildman–Crippen LogP) is 3.03. The number of benzene rings is 2. The van der Waals surface area contributed by atoms with Crippen LogP contribution < -0.4 is 5.56 Å². The molecule has 0 saturated carbocycles. The molecule has 0 aliphatic rings. The minimum atomic E-state index is -0.326. The van der Waals surface area contributed by atoms with Gasteiger partial charge in [0.15, 0.2) is 6.29 Å². The van der Waals surface area contributed by atoms with Crippen molar-refractivity contribution in [1.82, 2.24) is 9.78 Å². The van der Waals surface area contributed by atoms with Gasteiger partial charge in [-0.15, -0.1) is 0 Å². The lowest BCUT2D eigenvalue weighted by Crippen LogP contribution is -2.24. The van der Waals surface area contributed by atoms with Gasteiger partial charge in [-0.3, -0.25) is 9.59 Å². The van der Waals surface area contributed by atoms with Crippen LogP contribution in [0.4, 0.5) is 0 Å². The molecule has 0 aliphatic heterocycles. The number of carbonyl (C=O) groups excluding carboxylic acids is 1. The Morgan fingerprint density at radius 2 is 2.00 bits per heavy atom. The molecule has 3 aromatic rings. The fraction of sp³-hybridized carbons (Fsp3) is 0.250. The number of unbranched alkanes of at least 4 members (excludes halogenated alkanes) is 1. The Morgan fingerprint density at radius 3 is 2.72 bits per heavy atom. The van der Waals surface area contributed by atoms with Crippen LogP contribution in [-0.2, 0) is 13.0 Å². The summed E-state index contributed by atoms with van der Waals surface area (Å²) in [6.45, 7) is 1.98. The second kappa shape index (κ2) is 7.40. The third-order valence-electron chi connectivity index (χ3n) is 4.27. The molecule has 0 fully saturated rings. The van der Waals surface area contributed by atoms with Gasteiger partial charge in [-0.05, 0) is 30.5 Å². The Hall–Kier alpha value is -2.79. The first-order valence-corrected chi connectivity index (χ1v) is 8.40. The Morgan fingerprint density at radius 1 is 1.20 bits per heavy atom. The first kappa shape index (κ1) is 17.0. The molecule has 2 aromatic carbocycles. The summed E-state index contributed by atoms with van der Waals surface area (Å²) in [4.78, 5) is 24.5. The van der Waals surface area contributed by atoms with Gasteiger partial charge in [-0.25, -0.2) is 0 Å². The number of fused-ring (bicyclic) bond motifs is 1. The van der Waals surface area contributed by atoms with Crippen molar-refractivity contribution < 1.29 is 9.90 Å². The fourth-order valence-corrected chi connectivity index (χ4v) is 2.96. The summed E-state index contributed by atoms with van der Waals surface area (Å²) in [5.74, 6) is 0. The maximum Gasteiger partial charge on any atom is 0.280 e. The lowest BCUT2D eigenvalue weighted by Gasteiger charge is -2.12. The van der Waals surface area contributed by atoms with Gasteiger partial charge in [0.2, 0.25) is 0 Å². The second-order valence-corrected chi connectivity index (χ2v) is 5.98. The molecular formula is C20H20N2O3. The number of nitrogens with zero attached hydrogens (tertiary/aromatic N) is 2. The molecule has 128 valence electrons. The zero-order chi connectivity index (χ0) is 17.8. The number of aryl methyl sites for hydroxylation is 1. The lowest BCUT2D eigenvalue weighted by molar-refractivity contribution is 0.112. The highest BCUT2D eigenvalue weighted by molar-refractivity contribution is 5.98. The van der Waals surface area contributed by atoms with E-state index in [1.165, 1.54) is 4.68 Å². The van der Waals surface area contributed by atoms with E-state index in [0.29, 0.717) is 28.5 Å². The molecule has 0 amide bonds. The molecule has 0 bridgehead atoms. The quantitative estimate of drug-likeness (QED) is 0.702. The average Bonchev–Trinajstić information content (AvgIpc) is 2.67. The van der Waals surface area contributed by atoms with E-state index < -0.39 is 0 Å². The van der Waals surface area contributed by atoms with Crippen LogP contribution in [-0.4, -0.2) is 21.2 Å². The van der Waals surface area contributed by atoms with Crippen LogP contribution in [0.5, 0.6) is 0 Å². The summed E-state index contributed by atoms with van der Waals surface area (Å²) in [7, 11) is 0. The Labute approximate surface area is 145 Å². The van der Waals surface area contributed by atoms with Crippen molar-refractivity contribution in [2.75, 3.05) is 0 Å². The number of aldehydes is 1. The summed E-state index contributed by atoms with van der Waals surface area (Å²) in [5.41, 5.74) is 2.12. The molecule has 0 saturated heterocycles. The van der Waals surface area contributed by atoms with E-state index in [-0.39, 0.29) is 12.2 Å². The molecule has 1 heterocycles. The van der Waals surface area contributed by atoms with E-state index in [1.54, 1.807) is 36.4 Å². The highest BCUT2D eigenvalue weighted by Crippen LogP contribution is 2.20. The number of aromatic nitrogens is 2. The number of hydrogen-bond acceptors (Lipinski definition) is 4. The van der Waals surface area contributed by atoms with Crippen molar-refractivity contribution >= 4 is 17.1 Å². The molecule has 0 unspecified atom stereocenters. The van der Waals surface area contributed by atoms with E-state index >= 15 is 0 Å². The van der Waals surface area contributed by atoms with Gasteiger partial charge < -0.3 is 5.11 Å². The van der Waals surface area contributed by atoms with Gasteiger partial charge >= 0.3 is 0 Å². The first-order valence-electron chi connectivity index (χ1n) is 8.40. The predicted molar refractivity (Wildman–Crippen MR) is 97.3 cm³/mol. The zero-order valence-corrected chi connectivity index (χ0v) is 14.1. The number of hydrogen-bond donors (Lipinski definition) is 1. The van der Waals surface area contributed by atoms with Gasteiger partial charge in [-0.1, -0.05) is 43.7 Å². The van der Waals surface area contributed by atoms with Crippen LogP contribution in [0.15, 0.2) is 47.3 Å². The summed E-state index contributed by atoms with van der Waals surface area (Å²) in [5, 5.41) is 15.0. The normalized spacial score (nSPS) is 11.0. The molecular weight excluding hydrogens is 316 g/mol. The molecule has 1 N–H and O–H groups in total. The zero-order valence-electron chi connectivity index (χ0n) is 14.1. The summed E-state index contributed by atoms with van der Waals surface area (Å²) < 4.78 is 1.33. The van der Waals surface area contributed by atoms with Crippen molar-refractivity contribution in [2.24, 2.45) is 0 Å². The van der Waals surface area contributed by atoms with Crippen LogP contribution in [0.3, 0.4) is 0 Å². The minimum Gasteiger partial charge on any atom is -0.392 e. The third kappa shape index (κ3) is 3.23. The number of aliphatic hydroxyl groups is 1. The Balaban J connectivity index is 2.33. The summed E-state index contributed by atoms with van der Waals surface area (Å²) in [6.07, 6.45) is 3.40. The molecule has 5 nitrogen and oxygen atoms in total. The van der Waals surface area contributed by atoms with E-state index in [2.05, 4.69) is 12.0 Å². The summed E-state index contributed by atoms with van der Waals surface area (Å²) >= 11 is 0. The smallest absolute Gasteiger partial charge is 0.280 e. The monoisotopic (exact) mass is 336 g/mol. The maximum absolute atomic E-state index is 13.0. The average molecular weight is 336 g/mol. The van der Waals surface area contributed by atoms with Crippen molar-refractivity contribution in [3.8, 4) is 5.69 Å². The van der Waals surface area contributed by atoms with Crippen molar-refractivity contribution in [3.05, 3.63) is 69.6 Å². The maximum atomic E-state index is 13.0. The number of aliphatic hydroxyl groups excluding tert-OH is 1. The molecule has 3 rings (SSSR count). The standard InChI is InChI=1S/C20H20N2O3/c1-2-3-10-18-17-9-5-7-15(13-24)19(17)20(25)22(21-18)16-8-4-6-14(11-16)12-23/h4-9,11,13,23H,2-3,10,12H2,1H3. The molecule has 0 atom stereocenters. The van der Waals surface area contributed by atoms with Crippen LogP contribution in [0.2, 0.25) is 0 Å². The lowest BCUT2D eigenvalue weighted by atomic mass is 10.0. The minimum absolute atomic E-state index is 0.113. The van der Waals surface area contributed by atoms with Crippen LogP contribution in [0.25, 0.3) is 16.5 Å².